The Morgan fingerprint density at radius 2 is 0.766 bits per heavy atom. The van der Waals surface area contributed by atoms with Gasteiger partial charge in [-0.1, -0.05) is 97.1 Å². The maximum atomic E-state index is 13.4. The van der Waals surface area contributed by atoms with Gasteiger partial charge in [-0.15, -0.1) is 0 Å². The van der Waals surface area contributed by atoms with Gasteiger partial charge in [0.2, 0.25) is 0 Å². The summed E-state index contributed by atoms with van der Waals surface area (Å²) in [6.45, 7) is 0. The lowest BCUT2D eigenvalue weighted by Crippen LogP contribution is -2.14. The second-order valence-corrected chi connectivity index (χ2v) is 18.2. The molecule has 0 bridgehead atoms. The summed E-state index contributed by atoms with van der Waals surface area (Å²) in [7, 11) is -0.0812. The number of para-hydroxylation sites is 6. The van der Waals surface area contributed by atoms with Crippen molar-refractivity contribution in [3.05, 3.63) is 181 Å². The molecular formula is C50H46N6O6S2. The lowest BCUT2D eigenvalue weighted by molar-refractivity contribution is 0.474. The molecule has 0 fully saturated rings. The molecule has 0 heterocycles. The number of phenols is 2. The summed E-state index contributed by atoms with van der Waals surface area (Å²) in [5.41, 5.74) is 4.52. The van der Waals surface area contributed by atoms with Crippen molar-refractivity contribution >= 4 is 88.1 Å². The summed E-state index contributed by atoms with van der Waals surface area (Å²) < 4.78 is 58.8. The summed E-state index contributed by atoms with van der Waals surface area (Å²) in [5.74, 6) is 0.198. The van der Waals surface area contributed by atoms with E-state index in [2.05, 4.69) is 19.4 Å². The molecule has 64 heavy (non-hydrogen) atoms. The van der Waals surface area contributed by atoms with Crippen LogP contribution in [0.1, 0.15) is 11.1 Å². The molecule has 8 rings (SSSR count). The van der Waals surface area contributed by atoms with E-state index in [9.17, 15) is 27.0 Å². The standard InChI is InChI=1S/2C25H23N3O3S/c2*1-28(2)23-14-7-11-20-19(23)10-8-16-25(20)32(30,31)27-22-13-5-4-12-21(22)26-17-18-9-3-6-15-24(18)29/h2*3-17,27,29H,1-2H3. The third kappa shape index (κ3) is 9.99. The van der Waals surface area contributed by atoms with Gasteiger partial charge in [0.05, 0.1) is 32.5 Å². The van der Waals surface area contributed by atoms with Crippen LogP contribution < -0.4 is 19.2 Å². The topological polar surface area (TPSA) is 164 Å². The van der Waals surface area contributed by atoms with Crippen molar-refractivity contribution in [3.8, 4) is 11.5 Å². The van der Waals surface area contributed by atoms with E-state index in [0.717, 1.165) is 22.1 Å². The summed E-state index contributed by atoms with van der Waals surface area (Å²) >= 11 is 0. The Labute approximate surface area is 373 Å². The average Bonchev–Trinajstić information content (AvgIpc) is 3.28. The fourth-order valence-corrected chi connectivity index (χ4v) is 9.59. The number of nitrogens with one attached hydrogen (secondary N) is 2. The van der Waals surface area contributed by atoms with Gasteiger partial charge in [-0.25, -0.2) is 16.8 Å². The largest absolute Gasteiger partial charge is 0.507 e. The third-order valence-electron chi connectivity index (χ3n) is 10.1. The smallest absolute Gasteiger partial charge is 0.262 e. The number of hydrogen-bond donors (Lipinski definition) is 4. The number of hydrogen-bond acceptors (Lipinski definition) is 10. The molecule has 0 radical (unpaired) electrons. The van der Waals surface area contributed by atoms with Crippen LogP contribution in [-0.4, -0.2) is 67.7 Å². The zero-order valence-corrected chi connectivity index (χ0v) is 37.1. The number of sulfonamides is 2. The summed E-state index contributed by atoms with van der Waals surface area (Å²) in [6, 6.07) is 49.1. The van der Waals surface area contributed by atoms with Gasteiger partial charge in [0.1, 0.15) is 11.5 Å². The fraction of sp³-hybridized carbons (Fsp3) is 0.0800. The van der Waals surface area contributed by atoms with E-state index >= 15 is 0 Å². The van der Waals surface area contributed by atoms with Crippen LogP contribution in [-0.2, 0) is 20.0 Å². The number of nitrogens with zero attached hydrogens (tertiary/aromatic N) is 4. The molecule has 0 aromatic heterocycles. The van der Waals surface area contributed by atoms with Crippen LogP contribution in [0.2, 0.25) is 0 Å². The monoisotopic (exact) mass is 890 g/mol. The molecule has 0 unspecified atom stereocenters. The highest BCUT2D eigenvalue weighted by Gasteiger charge is 2.21. The molecule has 0 atom stereocenters. The lowest BCUT2D eigenvalue weighted by atomic mass is 10.1. The maximum Gasteiger partial charge on any atom is 0.262 e. The maximum absolute atomic E-state index is 13.4. The Balaban J connectivity index is 0.000000191. The molecule has 0 amide bonds. The SMILES string of the molecule is CN(C)c1cccc2c(S(=O)(=O)Nc3ccccc3N=Cc3ccccc3O)cccc12.CN(C)c1cccc2c(S(=O)(=O)Nc3ccccc3N=Cc3ccccc3O)cccc12. The highest BCUT2D eigenvalue weighted by atomic mass is 32.2. The molecule has 4 N–H and O–H groups in total. The summed E-state index contributed by atoms with van der Waals surface area (Å²) in [4.78, 5) is 13.1. The molecule has 324 valence electrons. The van der Waals surface area contributed by atoms with Crippen LogP contribution in [0.5, 0.6) is 11.5 Å². The Bertz CT molecular complexity index is 3040. The molecule has 12 nitrogen and oxygen atoms in total. The van der Waals surface area contributed by atoms with E-state index in [1.54, 1.807) is 133 Å². The van der Waals surface area contributed by atoms with Crippen molar-refractivity contribution in [2.75, 3.05) is 47.4 Å². The van der Waals surface area contributed by atoms with E-state index in [1.165, 1.54) is 12.4 Å². The highest BCUT2D eigenvalue weighted by molar-refractivity contribution is 7.93. The van der Waals surface area contributed by atoms with Gasteiger partial charge in [-0.2, -0.15) is 0 Å². The van der Waals surface area contributed by atoms with Crippen molar-refractivity contribution in [3.63, 3.8) is 0 Å². The Morgan fingerprint density at radius 3 is 1.16 bits per heavy atom. The lowest BCUT2D eigenvalue weighted by Gasteiger charge is -2.17. The van der Waals surface area contributed by atoms with Crippen molar-refractivity contribution in [1.82, 2.24) is 0 Å². The van der Waals surface area contributed by atoms with E-state index < -0.39 is 20.0 Å². The fourth-order valence-electron chi connectivity index (χ4n) is 6.99. The van der Waals surface area contributed by atoms with Gasteiger partial charge in [0.15, 0.2) is 0 Å². The first kappa shape index (κ1) is 44.4. The van der Waals surface area contributed by atoms with E-state index in [1.807, 2.05) is 74.4 Å². The first-order chi connectivity index (χ1) is 30.7. The van der Waals surface area contributed by atoms with Crippen LogP contribution in [0.4, 0.5) is 34.1 Å². The van der Waals surface area contributed by atoms with E-state index in [0.29, 0.717) is 44.6 Å². The number of aliphatic imine (C=N–C) groups is 2. The molecule has 8 aromatic rings. The Morgan fingerprint density at radius 1 is 0.422 bits per heavy atom. The van der Waals surface area contributed by atoms with Gasteiger partial charge < -0.3 is 20.0 Å². The molecule has 8 aromatic carbocycles. The molecule has 0 aliphatic rings. The number of benzene rings is 8. The molecule has 0 saturated heterocycles. The average molecular weight is 891 g/mol. The van der Waals surface area contributed by atoms with Crippen LogP contribution in [0.25, 0.3) is 21.5 Å². The minimum absolute atomic E-state index is 0.0989. The normalized spacial score (nSPS) is 11.7. The van der Waals surface area contributed by atoms with Crippen LogP contribution >= 0.6 is 0 Å². The number of rotatable bonds is 12. The van der Waals surface area contributed by atoms with Crippen LogP contribution in [0, 0.1) is 0 Å². The minimum atomic E-state index is -3.89. The summed E-state index contributed by atoms with van der Waals surface area (Å²) in [5, 5.41) is 22.9. The van der Waals surface area contributed by atoms with Crippen molar-refractivity contribution in [2.24, 2.45) is 9.98 Å². The van der Waals surface area contributed by atoms with Crippen molar-refractivity contribution in [1.29, 1.82) is 0 Å². The van der Waals surface area contributed by atoms with Gasteiger partial charge in [0.25, 0.3) is 20.0 Å². The Hall–Kier alpha value is -7.68. The zero-order valence-electron chi connectivity index (χ0n) is 35.5. The van der Waals surface area contributed by atoms with Crippen molar-refractivity contribution < 1.29 is 27.0 Å². The Kier molecular flexibility index (Phi) is 13.3. The number of anilines is 4. The van der Waals surface area contributed by atoms with Gasteiger partial charge in [-0.05, 0) is 72.8 Å². The molecule has 0 spiro atoms. The molecule has 0 aliphatic heterocycles. The van der Waals surface area contributed by atoms with Gasteiger partial charge >= 0.3 is 0 Å². The molecular weight excluding hydrogens is 845 g/mol. The third-order valence-corrected chi connectivity index (χ3v) is 13.0. The highest BCUT2D eigenvalue weighted by Crippen LogP contribution is 2.35. The molecule has 0 aliphatic carbocycles. The second-order valence-electron chi connectivity index (χ2n) is 14.9. The first-order valence-corrected chi connectivity index (χ1v) is 23.0. The van der Waals surface area contributed by atoms with Gasteiger partial charge in [-0.3, -0.25) is 19.4 Å². The predicted octanol–water partition coefficient (Wildman–Crippen LogP) is 10.3. The van der Waals surface area contributed by atoms with Crippen LogP contribution in [0.15, 0.2) is 190 Å². The minimum Gasteiger partial charge on any atom is -0.507 e. The summed E-state index contributed by atoms with van der Waals surface area (Å²) in [6.07, 6.45) is 3.01. The molecule has 14 heteroatoms. The zero-order chi connectivity index (χ0) is 45.4. The quantitative estimate of drug-likeness (QED) is 0.0881. The van der Waals surface area contributed by atoms with Crippen molar-refractivity contribution in [2.45, 2.75) is 9.79 Å². The van der Waals surface area contributed by atoms with E-state index in [4.69, 9.17) is 0 Å². The first-order valence-electron chi connectivity index (χ1n) is 20.0. The molecule has 0 saturated carbocycles. The number of fused-ring (bicyclic) bond motifs is 2. The van der Waals surface area contributed by atoms with Crippen LogP contribution in [0.3, 0.4) is 0 Å². The predicted molar refractivity (Wildman–Crippen MR) is 262 cm³/mol. The second kappa shape index (κ2) is 19.2. The number of aromatic hydroxyl groups is 2. The van der Waals surface area contributed by atoms with Gasteiger partial charge in [0, 0.05) is 84.7 Å². The number of phenolic OH excluding ortho intramolecular Hbond substituents is 2. The van der Waals surface area contributed by atoms with E-state index in [-0.39, 0.29) is 21.3 Å².